The van der Waals surface area contributed by atoms with Gasteiger partial charge in [-0.2, -0.15) is 0 Å². The van der Waals surface area contributed by atoms with Gasteiger partial charge in [-0.1, -0.05) is 12.1 Å². The number of carbonyl (C=O) groups excluding carboxylic acids is 1. The minimum atomic E-state index is -1.03. The number of H-pyrrole nitrogens is 1. The Kier molecular flexibility index (Phi) is 5.26. The molecule has 1 amide bonds. The van der Waals surface area contributed by atoms with Crippen molar-refractivity contribution in [3.63, 3.8) is 0 Å². The van der Waals surface area contributed by atoms with E-state index in [9.17, 15) is 9.18 Å². The lowest BCUT2D eigenvalue weighted by Crippen LogP contribution is -2.28. The van der Waals surface area contributed by atoms with Gasteiger partial charge in [-0.3, -0.25) is 9.78 Å². The minimum Gasteiger partial charge on any atom is -0.489 e. The second kappa shape index (κ2) is 7.85. The van der Waals surface area contributed by atoms with Crippen LogP contribution in [0.25, 0.3) is 10.9 Å². The molecule has 3 aromatic rings. The van der Waals surface area contributed by atoms with E-state index in [2.05, 4.69) is 34.3 Å². The molecule has 1 saturated carbocycles. The number of pyridine rings is 1. The zero-order valence-electron chi connectivity index (χ0n) is 16.9. The summed E-state index contributed by atoms with van der Waals surface area (Å²) in [6.45, 7) is 5.47. The predicted octanol–water partition coefficient (Wildman–Crippen LogP) is 4.59. The third kappa shape index (κ3) is 4.11. The number of fused-ring (bicyclic) bond motifs is 1. The van der Waals surface area contributed by atoms with E-state index in [0.717, 1.165) is 17.6 Å². The van der Waals surface area contributed by atoms with Crippen LogP contribution in [-0.4, -0.2) is 28.7 Å². The minimum absolute atomic E-state index is 0.00367. The molecule has 0 spiro atoms. The molecule has 0 aliphatic heterocycles. The molecule has 2 N–H and O–H groups in total. The quantitative estimate of drug-likeness (QED) is 0.615. The molecule has 1 aliphatic carbocycles. The Labute approximate surface area is 169 Å². The van der Waals surface area contributed by atoms with Gasteiger partial charge in [0.25, 0.3) is 0 Å². The maximum absolute atomic E-state index is 12.9. The molecule has 1 aromatic carbocycles. The summed E-state index contributed by atoms with van der Waals surface area (Å²) in [5.41, 5.74) is 4.33. The number of ether oxygens (including phenoxy) is 1. The highest BCUT2D eigenvalue weighted by Crippen LogP contribution is 2.50. The zero-order valence-corrected chi connectivity index (χ0v) is 16.9. The van der Waals surface area contributed by atoms with Crippen LogP contribution in [-0.2, 0) is 4.79 Å². The fourth-order valence-electron chi connectivity index (χ4n) is 3.86. The molecule has 1 aliphatic rings. The first-order valence-corrected chi connectivity index (χ1v) is 10.0. The highest BCUT2D eigenvalue weighted by molar-refractivity contribution is 5.90. The third-order valence-corrected chi connectivity index (χ3v) is 5.51. The number of carbonyl (C=O) groups is 1. The molecule has 29 heavy (non-hydrogen) atoms. The second-order valence-corrected chi connectivity index (χ2v) is 7.93. The fraction of sp³-hybridized carbons (Fsp3) is 0.391. The van der Waals surface area contributed by atoms with Gasteiger partial charge in [0, 0.05) is 23.0 Å². The summed E-state index contributed by atoms with van der Waals surface area (Å²) in [6, 6.07) is 9.56. The van der Waals surface area contributed by atoms with Crippen molar-refractivity contribution in [2.75, 3.05) is 6.61 Å². The molecule has 152 valence electrons. The average molecular weight is 395 g/mol. The van der Waals surface area contributed by atoms with E-state index in [1.54, 1.807) is 18.3 Å². The van der Waals surface area contributed by atoms with Crippen molar-refractivity contribution < 1.29 is 13.9 Å². The monoisotopic (exact) mass is 395 g/mol. The van der Waals surface area contributed by atoms with Crippen molar-refractivity contribution in [2.24, 2.45) is 5.92 Å². The van der Waals surface area contributed by atoms with Crippen molar-refractivity contribution in [2.45, 2.75) is 45.3 Å². The van der Waals surface area contributed by atoms with E-state index in [0.29, 0.717) is 5.75 Å². The Morgan fingerprint density at radius 3 is 2.90 bits per heavy atom. The smallest absolute Gasteiger partial charge is 0.224 e. The van der Waals surface area contributed by atoms with Crippen LogP contribution < -0.4 is 10.1 Å². The van der Waals surface area contributed by atoms with Gasteiger partial charge in [0.1, 0.15) is 18.5 Å². The molecule has 6 heteroatoms. The van der Waals surface area contributed by atoms with Gasteiger partial charge in [-0.15, -0.1) is 0 Å². The number of nitrogens with one attached hydrogen (secondary N) is 2. The third-order valence-electron chi connectivity index (χ3n) is 5.51. The number of alkyl halides is 1. The Morgan fingerprint density at radius 2 is 2.17 bits per heavy atom. The number of aromatic amines is 1. The summed E-state index contributed by atoms with van der Waals surface area (Å²) in [6.07, 6.45) is 3.44. The maximum atomic E-state index is 12.9. The van der Waals surface area contributed by atoms with E-state index in [1.807, 2.05) is 19.2 Å². The van der Waals surface area contributed by atoms with Crippen LogP contribution in [0, 0.1) is 12.8 Å². The molecule has 2 unspecified atom stereocenters. The summed E-state index contributed by atoms with van der Waals surface area (Å²) in [5, 5.41) is 4.31. The lowest BCUT2D eigenvalue weighted by Gasteiger charge is -2.14. The summed E-state index contributed by atoms with van der Waals surface area (Å²) in [5.74, 6) is 0.820. The highest BCUT2D eigenvalue weighted by atomic mass is 19.1. The molecule has 1 fully saturated rings. The van der Waals surface area contributed by atoms with Gasteiger partial charge in [0.15, 0.2) is 0 Å². The topological polar surface area (TPSA) is 67.0 Å². The summed E-state index contributed by atoms with van der Waals surface area (Å²) in [4.78, 5) is 20.4. The Bertz CT molecular complexity index is 1010. The van der Waals surface area contributed by atoms with Crippen LogP contribution in [0.1, 0.15) is 49.0 Å². The van der Waals surface area contributed by atoms with Gasteiger partial charge < -0.3 is 15.0 Å². The number of amides is 1. The van der Waals surface area contributed by atoms with Crippen LogP contribution in [0.2, 0.25) is 0 Å². The van der Waals surface area contributed by atoms with Crippen LogP contribution in [0.15, 0.2) is 42.7 Å². The van der Waals surface area contributed by atoms with E-state index >= 15 is 0 Å². The number of rotatable bonds is 7. The van der Waals surface area contributed by atoms with Gasteiger partial charge in [-0.25, -0.2) is 4.39 Å². The largest absolute Gasteiger partial charge is 0.489 e. The number of hydrogen-bond donors (Lipinski definition) is 2. The Balaban J connectivity index is 1.37. The number of benzene rings is 1. The van der Waals surface area contributed by atoms with Crippen LogP contribution >= 0.6 is 0 Å². The Morgan fingerprint density at radius 1 is 1.34 bits per heavy atom. The van der Waals surface area contributed by atoms with Gasteiger partial charge in [0.2, 0.25) is 5.91 Å². The zero-order chi connectivity index (χ0) is 20.5. The highest BCUT2D eigenvalue weighted by Gasteiger charge is 2.45. The van der Waals surface area contributed by atoms with Crippen molar-refractivity contribution in [3.8, 4) is 5.75 Å². The lowest BCUT2D eigenvalue weighted by molar-refractivity contribution is -0.123. The molecule has 5 nitrogen and oxygen atoms in total. The predicted molar refractivity (Wildman–Crippen MR) is 111 cm³/mol. The van der Waals surface area contributed by atoms with Crippen LogP contribution in [0.3, 0.4) is 0 Å². The number of hydrogen-bond acceptors (Lipinski definition) is 3. The summed E-state index contributed by atoms with van der Waals surface area (Å²) < 4.78 is 18.2. The number of aromatic nitrogens is 2. The molecular weight excluding hydrogens is 369 g/mol. The van der Waals surface area contributed by atoms with Crippen molar-refractivity contribution in [1.29, 1.82) is 0 Å². The maximum Gasteiger partial charge on any atom is 0.224 e. The molecule has 4 rings (SSSR count). The standard InChI is InChI=1S/C23H26FN3O2/c1-13-5-4-6-21-22(13)19(11-26-21)17-9-18(17)23(28)27-15(3)20-8-7-16(10-25-20)29-12-14(2)24/h4-8,10-11,14-15,17-18,26H,9,12H2,1-3H3,(H,27,28)/t14-,15-,17?,18?/m1/s1. The van der Waals surface area contributed by atoms with Gasteiger partial charge in [-0.05, 0) is 62.4 Å². The molecule has 4 atom stereocenters. The summed E-state index contributed by atoms with van der Waals surface area (Å²) in [7, 11) is 0. The van der Waals surface area contributed by atoms with Crippen molar-refractivity contribution in [1.82, 2.24) is 15.3 Å². The first-order valence-electron chi connectivity index (χ1n) is 10.0. The molecular formula is C23H26FN3O2. The molecule has 2 heterocycles. The number of halogens is 1. The van der Waals surface area contributed by atoms with E-state index in [-0.39, 0.29) is 30.4 Å². The molecule has 0 bridgehead atoms. The van der Waals surface area contributed by atoms with Crippen LogP contribution in [0.5, 0.6) is 5.75 Å². The van der Waals surface area contributed by atoms with Crippen LogP contribution in [0.4, 0.5) is 4.39 Å². The molecule has 2 aromatic heterocycles. The SMILES string of the molecule is Cc1cccc2[nH]cc(C3CC3C(=O)N[C@H](C)c3ccc(OC[C@@H](C)F)cn3)c12. The van der Waals surface area contributed by atoms with E-state index < -0.39 is 6.17 Å². The fourth-order valence-corrected chi connectivity index (χ4v) is 3.86. The Hall–Kier alpha value is -2.89. The normalized spacial score (nSPS) is 20.3. The van der Waals surface area contributed by atoms with Crippen molar-refractivity contribution >= 4 is 16.8 Å². The first-order chi connectivity index (χ1) is 13.9. The second-order valence-electron chi connectivity index (χ2n) is 7.93. The number of aryl methyl sites for hydroxylation is 1. The number of nitrogens with zero attached hydrogens (tertiary/aromatic N) is 1. The van der Waals surface area contributed by atoms with E-state index in [1.165, 1.54) is 23.4 Å². The first kappa shape index (κ1) is 19.4. The van der Waals surface area contributed by atoms with E-state index in [4.69, 9.17) is 4.74 Å². The summed E-state index contributed by atoms with van der Waals surface area (Å²) >= 11 is 0. The van der Waals surface area contributed by atoms with Gasteiger partial charge >= 0.3 is 0 Å². The average Bonchev–Trinajstić information content (AvgIpc) is 3.38. The molecule has 0 saturated heterocycles. The lowest BCUT2D eigenvalue weighted by atomic mass is 10.0. The van der Waals surface area contributed by atoms with Crippen molar-refractivity contribution in [3.05, 3.63) is 59.5 Å². The van der Waals surface area contributed by atoms with Gasteiger partial charge in [0.05, 0.1) is 17.9 Å². The molecule has 0 radical (unpaired) electrons.